The standard InChI is InChI=1S/C25H38N2/c1-9-18-12-16(14-20(22(18)26)24(3,4)5)11-17-13-19(10-2)23(27)21(15-17)25(6,7)8/h12-15H,9-11,26-27H2,1-8H3. The SMILES string of the molecule is CCc1cc(Cc2cc(CC)c(N)c(C(C)(C)C)c2)cc(C(C)(C)C)c1N. The monoisotopic (exact) mass is 366 g/mol. The first-order valence-corrected chi connectivity index (χ1v) is 10.2. The van der Waals surface area contributed by atoms with Gasteiger partial charge in [0.25, 0.3) is 0 Å². The summed E-state index contributed by atoms with van der Waals surface area (Å²) in [5.41, 5.74) is 22.6. The van der Waals surface area contributed by atoms with Crippen LogP contribution in [0.2, 0.25) is 0 Å². The van der Waals surface area contributed by atoms with Crippen molar-refractivity contribution in [1.82, 2.24) is 0 Å². The van der Waals surface area contributed by atoms with Gasteiger partial charge in [-0.05, 0) is 63.5 Å². The van der Waals surface area contributed by atoms with Gasteiger partial charge in [-0.3, -0.25) is 0 Å². The second-order valence-electron chi connectivity index (χ2n) is 9.82. The smallest absolute Gasteiger partial charge is 0.0384 e. The van der Waals surface area contributed by atoms with Crippen molar-refractivity contribution in [2.75, 3.05) is 11.5 Å². The molecule has 0 aliphatic rings. The molecule has 0 bridgehead atoms. The molecule has 2 aromatic rings. The third-order valence-electron chi connectivity index (χ3n) is 5.44. The van der Waals surface area contributed by atoms with E-state index < -0.39 is 0 Å². The fourth-order valence-corrected chi connectivity index (χ4v) is 3.82. The first-order valence-electron chi connectivity index (χ1n) is 10.2. The zero-order valence-corrected chi connectivity index (χ0v) is 18.6. The Kier molecular flexibility index (Phi) is 5.99. The summed E-state index contributed by atoms with van der Waals surface area (Å²) in [5.74, 6) is 0. The summed E-state index contributed by atoms with van der Waals surface area (Å²) in [6, 6.07) is 9.16. The third kappa shape index (κ3) is 4.66. The number of benzene rings is 2. The zero-order valence-electron chi connectivity index (χ0n) is 18.6. The average molecular weight is 367 g/mol. The Morgan fingerprint density at radius 3 is 1.22 bits per heavy atom. The fraction of sp³-hybridized carbons (Fsp3) is 0.520. The van der Waals surface area contributed by atoms with Gasteiger partial charge in [0, 0.05) is 11.4 Å². The van der Waals surface area contributed by atoms with Crippen LogP contribution in [0.5, 0.6) is 0 Å². The number of aryl methyl sites for hydroxylation is 2. The molecule has 0 fully saturated rings. The minimum Gasteiger partial charge on any atom is -0.398 e. The van der Waals surface area contributed by atoms with Gasteiger partial charge in [0.05, 0.1) is 0 Å². The Hall–Kier alpha value is -1.96. The predicted molar refractivity (Wildman–Crippen MR) is 121 cm³/mol. The van der Waals surface area contributed by atoms with Gasteiger partial charge in [0.2, 0.25) is 0 Å². The van der Waals surface area contributed by atoms with Gasteiger partial charge < -0.3 is 11.5 Å². The normalized spacial score (nSPS) is 12.4. The van der Waals surface area contributed by atoms with E-state index in [1.165, 1.54) is 33.4 Å². The lowest BCUT2D eigenvalue weighted by atomic mass is 9.81. The molecule has 148 valence electrons. The third-order valence-corrected chi connectivity index (χ3v) is 5.44. The summed E-state index contributed by atoms with van der Waals surface area (Å²) < 4.78 is 0. The van der Waals surface area contributed by atoms with Crippen molar-refractivity contribution in [3.63, 3.8) is 0 Å². The van der Waals surface area contributed by atoms with Crippen molar-refractivity contribution < 1.29 is 0 Å². The molecule has 2 rings (SSSR count). The molecule has 2 heteroatoms. The molecular weight excluding hydrogens is 328 g/mol. The highest BCUT2D eigenvalue weighted by atomic mass is 14.6. The maximum absolute atomic E-state index is 6.47. The van der Waals surface area contributed by atoms with Crippen LogP contribution in [0.4, 0.5) is 11.4 Å². The van der Waals surface area contributed by atoms with Gasteiger partial charge in [0.15, 0.2) is 0 Å². The van der Waals surface area contributed by atoms with Crippen LogP contribution in [0.15, 0.2) is 24.3 Å². The van der Waals surface area contributed by atoms with E-state index in [9.17, 15) is 0 Å². The molecule has 0 unspecified atom stereocenters. The average Bonchev–Trinajstić information content (AvgIpc) is 2.55. The molecule has 0 radical (unpaired) electrons. The topological polar surface area (TPSA) is 52.0 Å². The summed E-state index contributed by atoms with van der Waals surface area (Å²) >= 11 is 0. The molecule has 0 saturated heterocycles. The van der Waals surface area contributed by atoms with Crippen molar-refractivity contribution in [3.05, 3.63) is 57.6 Å². The van der Waals surface area contributed by atoms with Crippen LogP contribution < -0.4 is 11.5 Å². The molecule has 0 heterocycles. The number of anilines is 2. The maximum atomic E-state index is 6.47. The van der Waals surface area contributed by atoms with Gasteiger partial charge in [-0.15, -0.1) is 0 Å². The fourth-order valence-electron chi connectivity index (χ4n) is 3.82. The van der Waals surface area contributed by atoms with Gasteiger partial charge in [-0.1, -0.05) is 79.7 Å². The minimum absolute atomic E-state index is 0.0380. The summed E-state index contributed by atoms with van der Waals surface area (Å²) in [7, 11) is 0. The maximum Gasteiger partial charge on any atom is 0.0384 e. The van der Waals surface area contributed by atoms with E-state index in [2.05, 4.69) is 79.7 Å². The Balaban J connectivity index is 2.57. The van der Waals surface area contributed by atoms with Gasteiger partial charge >= 0.3 is 0 Å². The molecule has 0 saturated carbocycles. The first-order chi connectivity index (χ1) is 12.4. The highest BCUT2D eigenvalue weighted by Crippen LogP contribution is 2.35. The highest BCUT2D eigenvalue weighted by Gasteiger charge is 2.22. The predicted octanol–water partition coefficient (Wildman–Crippen LogP) is 6.16. The number of hydrogen-bond donors (Lipinski definition) is 2. The Morgan fingerprint density at radius 1 is 0.630 bits per heavy atom. The zero-order chi connectivity index (χ0) is 20.6. The molecule has 0 aromatic heterocycles. The van der Waals surface area contributed by atoms with Gasteiger partial charge in [-0.2, -0.15) is 0 Å². The summed E-state index contributed by atoms with van der Waals surface area (Å²) in [4.78, 5) is 0. The molecule has 27 heavy (non-hydrogen) atoms. The second kappa shape index (κ2) is 7.58. The lowest BCUT2D eigenvalue weighted by molar-refractivity contribution is 0.590. The first kappa shape index (κ1) is 21.3. The largest absolute Gasteiger partial charge is 0.398 e. The molecule has 2 aromatic carbocycles. The van der Waals surface area contributed by atoms with Crippen LogP contribution in [-0.2, 0) is 30.1 Å². The molecular formula is C25H38N2. The van der Waals surface area contributed by atoms with Crippen LogP contribution in [-0.4, -0.2) is 0 Å². The van der Waals surface area contributed by atoms with Crippen LogP contribution in [0.25, 0.3) is 0 Å². The number of rotatable bonds is 4. The molecule has 0 aliphatic carbocycles. The summed E-state index contributed by atoms with van der Waals surface area (Å²) in [6.07, 6.45) is 2.82. The molecule has 0 amide bonds. The highest BCUT2D eigenvalue weighted by molar-refractivity contribution is 5.61. The molecule has 0 atom stereocenters. The quantitative estimate of drug-likeness (QED) is 0.636. The number of nitrogen functional groups attached to an aromatic ring is 2. The van der Waals surface area contributed by atoms with Crippen LogP contribution in [0.3, 0.4) is 0 Å². The molecule has 0 spiro atoms. The van der Waals surface area contributed by atoms with E-state index in [0.29, 0.717) is 0 Å². The van der Waals surface area contributed by atoms with E-state index in [-0.39, 0.29) is 10.8 Å². The number of nitrogens with two attached hydrogens (primary N) is 2. The van der Waals surface area contributed by atoms with E-state index in [4.69, 9.17) is 11.5 Å². The summed E-state index contributed by atoms with van der Waals surface area (Å²) in [5, 5.41) is 0. The molecule has 2 nitrogen and oxygen atoms in total. The van der Waals surface area contributed by atoms with Crippen molar-refractivity contribution in [3.8, 4) is 0 Å². The lowest BCUT2D eigenvalue weighted by Gasteiger charge is -2.26. The van der Waals surface area contributed by atoms with E-state index in [1.54, 1.807) is 0 Å². The van der Waals surface area contributed by atoms with E-state index >= 15 is 0 Å². The summed E-state index contributed by atoms with van der Waals surface area (Å²) in [6.45, 7) is 17.8. The van der Waals surface area contributed by atoms with Gasteiger partial charge in [0.1, 0.15) is 0 Å². The molecule has 0 aliphatic heterocycles. The van der Waals surface area contributed by atoms with Crippen LogP contribution in [0.1, 0.15) is 88.8 Å². The van der Waals surface area contributed by atoms with E-state index in [1.807, 2.05) is 0 Å². The Morgan fingerprint density at radius 2 is 0.963 bits per heavy atom. The lowest BCUT2D eigenvalue weighted by Crippen LogP contribution is -2.17. The van der Waals surface area contributed by atoms with Crippen molar-refractivity contribution >= 4 is 11.4 Å². The van der Waals surface area contributed by atoms with Crippen molar-refractivity contribution in [2.24, 2.45) is 0 Å². The van der Waals surface area contributed by atoms with Gasteiger partial charge in [-0.25, -0.2) is 0 Å². The Labute approximate surface area is 166 Å². The molecule has 4 N–H and O–H groups in total. The van der Waals surface area contributed by atoms with E-state index in [0.717, 1.165) is 30.6 Å². The minimum atomic E-state index is 0.0380. The van der Waals surface area contributed by atoms with Crippen LogP contribution in [0, 0.1) is 0 Å². The Bertz CT molecular complexity index is 748. The number of hydrogen-bond acceptors (Lipinski definition) is 2. The van der Waals surface area contributed by atoms with Crippen molar-refractivity contribution in [2.45, 2.75) is 85.5 Å². The second-order valence-corrected chi connectivity index (χ2v) is 9.82. The van der Waals surface area contributed by atoms with Crippen molar-refractivity contribution in [1.29, 1.82) is 0 Å². The van der Waals surface area contributed by atoms with Crippen LogP contribution >= 0.6 is 0 Å².